The lowest BCUT2D eigenvalue weighted by atomic mass is 10.2. The third-order valence-corrected chi connectivity index (χ3v) is 3.99. The van der Waals surface area contributed by atoms with E-state index in [-0.39, 0.29) is 30.9 Å². The van der Waals surface area contributed by atoms with E-state index in [9.17, 15) is 14.4 Å². The fraction of sp³-hybridized carbons (Fsp3) is 0.429. The Morgan fingerprint density at radius 1 is 1.32 bits per heavy atom. The van der Waals surface area contributed by atoms with Crippen LogP contribution in [0.2, 0.25) is 0 Å². The van der Waals surface area contributed by atoms with E-state index in [1.807, 2.05) is 5.38 Å². The molecule has 8 heteroatoms. The van der Waals surface area contributed by atoms with Gasteiger partial charge < -0.3 is 10.4 Å². The summed E-state index contributed by atoms with van der Waals surface area (Å²) in [6, 6.07) is 1.73. The van der Waals surface area contributed by atoms with Crippen molar-refractivity contribution in [3.8, 4) is 0 Å². The van der Waals surface area contributed by atoms with E-state index >= 15 is 0 Å². The van der Waals surface area contributed by atoms with Crippen molar-refractivity contribution in [1.82, 2.24) is 14.9 Å². The van der Waals surface area contributed by atoms with E-state index in [4.69, 9.17) is 5.11 Å². The Labute approximate surface area is 130 Å². The van der Waals surface area contributed by atoms with Crippen molar-refractivity contribution in [2.24, 2.45) is 0 Å². The van der Waals surface area contributed by atoms with Gasteiger partial charge in [-0.25, -0.2) is 4.98 Å². The molecule has 7 nitrogen and oxygen atoms in total. The Bertz CT molecular complexity index is 722. The third-order valence-electron chi connectivity index (χ3n) is 3.17. The second kappa shape index (κ2) is 7.69. The van der Waals surface area contributed by atoms with Gasteiger partial charge in [0.2, 0.25) is 5.91 Å². The maximum absolute atomic E-state index is 12.1. The van der Waals surface area contributed by atoms with Gasteiger partial charge in [-0.05, 0) is 24.3 Å². The maximum atomic E-state index is 12.1. The number of nitrogens with one attached hydrogen (secondary N) is 1. The predicted molar refractivity (Wildman–Crippen MR) is 83.0 cm³/mol. The highest BCUT2D eigenvalue weighted by Crippen LogP contribution is 2.13. The van der Waals surface area contributed by atoms with Crippen LogP contribution < -0.4 is 10.9 Å². The van der Waals surface area contributed by atoms with Gasteiger partial charge in [-0.3, -0.25) is 19.0 Å². The zero-order chi connectivity index (χ0) is 15.9. The quantitative estimate of drug-likeness (QED) is 0.711. The van der Waals surface area contributed by atoms with Crippen molar-refractivity contribution in [3.63, 3.8) is 0 Å². The van der Waals surface area contributed by atoms with Crippen molar-refractivity contribution in [2.75, 3.05) is 6.54 Å². The molecule has 0 fully saturated rings. The standard InChI is InChI=1S/C14H17N3O4S/c18-11(15-6-2-1-3-12(19)20)4-7-17-9-16-13-10(14(17)21)5-8-22-13/h5,8-9H,1-4,6-7H2,(H,15,18)(H,19,20). The Morgan fingerprint density at radius 3 is 2.91 bits per heavy atom. The number of hydrogen-bond acceptors (Lipinski definition) is 5. The molecule has 0 unspecified atom stereocenters. The van der Waals surface area contributed by atoms with Gasteiger partial charge in [-0.2, -0.15) is 0 Å². The molecule has 2 aromatic heterocycles. The molecule has 2 N–H and O–H groups in total. The number of carbonyl (C=O) groups is 2. The molecule has 0 saturated carbocycles. The van der Waals surface area contributed by atoms with E-state index in [0.717, 1.165) is 0 Å². The summed E-state index contributed by atoms with van der Waals surface area (Å²) >= 11 is 1.41. The summed E-state index contributed by atoms with van der Waals surface area (Å²) < 4.78 is 1.43. The SMILES string of the molecule is O=C(O)CCCCNC(=O)CCn1cnc2sccc2c1=O. The molecule has 0 atom stereocenters. The summed E-state index contributed by atoms with van der Waals surface area (Å²) in [5.74, 6) is -0.991. The number of aromatic nitrogens is 2. The van der Waals surface area contributed by atoms with Gasteiger partial charge in [-0.1, -0.05) is 0 Å². The molecule has 0 radical (unpaired) electrons. The predicted octanol–water partition coefficient (Wildman–Crippen LogP) is 1.22. The van der Waals surface area contributed by atoms with Crippen molar-refractivity contribution >= 4 is 33.4 Å². The van der Waals surface area contributed by atoms with E-state index in [2.05, 4.69) is 10.3 Å². The lowest BCUT2D eigenvalue weighted by molar-refractivity contribution is -0.137. The largest absolute Gasteiger partial charge is 0.481 e. The van der Waals surface area contributed by atoms with E-state index in [1.165, 1.54) is 22.2 Å². The molecule has 2 aromatic rings. The Kier molecular flexibility index (Phi) is 5.65. The fourth-order valence-corrected chi connectivity index (χ4v) is 2.72. The highest BCUT2D eigenvalue weighted by molar-refractivity contribution is 7.16. The molecule has 0 saturated heterocycles. The zero-order valence-corrected chi connectivity index (χ0v) is 12.8. The number of amides is 1. The fourth-order valence-electron chi connectivity index (χ4n) is 1.99. The number of aryl methyl sites for hydroxylation is 1. The minimum atomic E-state index is -0.831. The van der Waals surface area contributed by atoms with Gasteiger partial charge in [0.25, 0.3) is 5.56 Å². The molecule has 2 heterocycles. The van der Waals surface area contributed by atoms with Crippen molar-refractivity contribution < 1.29 is 14.7 Å². The molecule has 22 heavy (non-hydrogen) atoms. The minimum Gasteiger partial charge on any atom is -0.481 e. The minimum absolute atomic E-state index is 0.109. The molecule has 0 aromatic carbocycles. The molecule has 0 bridgehead atoms. The number of nitrogens with zero attached hydrogens (tertiary/aromatic N) is 2. The van der Waals surface area contributed by atoms with Crippen LogP contribution in [0.5, 0.6) is 0 Å². The van der Waals surface area contributed by atoms with Crippen molar-refractivity contribution in [3.05, 3.63) is 28.1 Å². The highest BCUT2D eigenvalue weighted by atomic mass is 32.1. The number of carbonyl (C=O) groups excluding carboxylic acids is 1. The van der Waals surface area contributed by atoms with E-state index in [0.29, 0.717) is 29.6 Å². The second-order valence-corrected chi connectivity index (χ2v) is 5.73. The lowest BCUT2D eigenvalue weighted by Gasteiger charge is -2.06. The first kappa shape index (κ1) is 16.2. The Balaban J connectivity index is 1.77. The molecule has 0 aliphatic rings. The summed E-state index contributed by atoms with van der Waals surface area (Å²) in [5, 5.41) is 13.6. The van der Waals surface area contributed by atoms with Crippen molar-refractivity contribution in [1.29, 1.82) is 0 Å². The number of hydrogen-bond donors (Lipinski definition) is 2. The van der Waals surface area contributed by atoms with Crippen LogP contribution >= 0.6 is 11.3 Å². The number of carboxylic acid groups (broad SMARTS) is 1. The number of thiophene rings is 1. The second-order valence-electron chi connectivity index (χ2n) is 4.83. The topological polar surface area (TPSA) is 101 Å². The van der Waals surface area contributed by atoms with Gasteiger partial charge in [-0.15, -0.1) is 11.3 Å². The monoisotopic (exact) mass is 323 g/mol. The van der Waals surface area contributed by atoms with E-state index < -0.39 is 5.97 Å². The number of fused-ring (bicyclic) bond motifs is 1. The first-order valence-corrected chi connectivity index (χ1v) is 7.87. The third kappa shape index (κ3) is 4.39. The average Bonchev–Trinajstić information content (AvgIpc) is 2.95. The molecule has 0 spiro atoms. The zero-order valence-electron chi connectivity index (χ0n) is 11.9. The number of aliphatic carboxylic acids is 1. The molecular weight excluding hydrogens is 306 g/mol. The van der Waals surface area contributed by atoms with Crippen molar-refractivity contribution in [2.45, 2.75) is 32.2 Å². The summed E-state index contributed by atoms with van der Waals surface area (Å²) in [6.07, 6.45) is 2.92. The van der Waals surface area contributed by atoms with Gasteiger partial charge in [0, 0.05) is 25.9 Å². The van der Waals surface area contributed by atoms with Crippen LogP contribution in [0.1, 0.15) is 25.7 Å². The van der Waals surface area contributed by atoms with E-state index in [1.54, 1.807) is 6.07 Å². The lowest BCUT2D eigenvalue weighted by Crippen LogP contribution is -2.28. The Morgan fingerprint density at radius 2 is 2.14 bits per heavy atom. The first-order chi connectivity index (χ1) is 10.6. The van der Waals surface area contributed by atoms with Crippen LogP contribution in [-0.2, 0) is 16.1 Å². The number of unbranched alkanes of at least 4 members (excludes halogenated alkanes) is 1. The van der Waals surface area contributed by atoms with Crippen LogP contribution in [0.25, 0.3) is 10.2 Å². The molecule has 118 valence electrons. The van der Waals surface area contributed by atoms with Gasteiger partial charge in [0.1, 0.15) is 4.83 Å². The first-order valence-electron chi connectivity index (χ1n) is 6.99. The highest BCUT2D eigenvalue weighted by Gasteiger charge is 2.07. The molecule has 1 amide bonds. The maximum Gasteiger partial charge on any atom is 0.303 e. The number of carboxylic acids is 1. The van der Waals surface area contributed by atoms with Gasteiger partial charge in [0.05, 0.1) is 11.7 Å². The van der Waals surface area contributed by atoms with Crippen LogP contribution in [0.3, 0.4) is 0 Å². The van der Waals surface area contributed by atoms with Crippen LogP contribution in [0.15, 0.2) is 22.6 Å². The summed E-state index contributed by atoms with van der Waals surface area (Å²) in [4.78, 5) is 39.0. The normalized spacial score (nSPS) is 10.7. The summed E-state index contributed by atoms with van der Waals surface area (Å²) in [7, 11) is 0. The Hall–Kier alpha value is -2.22. The van der Waals surface area contributed by atoms with Crippen LogP contribution in [0.4, 0.5) is 0 Å². The molecule has 0 aliphatic heterocycles. The van der Waals surface area contributed by atoms with Crippen LogP contribution in [-0.4, -0.2) is 33.1 Å². The van der Waals surface area contributed by atoms with Gasteiger partial charge in [0.15, 0.2) is 0 Å². The smallest absolute Gasteiger partial charge is 0.303 e. The number of rotatable bonds is 8. The van der Waals surface area contributed by atoms with Gasteiger partial charge >= 0.3 is 5.97 Å². The summed E-state index contributed by atoms with van der Waals surface area (Å²) in [5.41, 5.74) is -0.138. The molecule has 0 aliphatic carbocycles. The summed E-state index contributed by atoms with van der Waals surface area (Å²) in [6.45, 7) is 0.724. The average molecular weight is 323 g/mol. The molecule has 2 rings (SSSR count). The van der Waals surface area contributed by atoms with Crippen LogP contribution in [0, 0.1) is 0 Å². The molecular formula is C14H17N3O4S.